The first-order valence-corrected chi connectivity index (χ1v) is 6.73. The fourth-order valence-corrected chi connectivity index (χ4v) is 1.64. The summed E-state index contributed by atoms with van der Waals surface area (Å²) in [6.07, 6.45) is 1.42. The molecule has 112 valence electrons. The van der Waals surface area contributed by atoms with E-state index in [-0.39, 0.29) is 18.5 Å². The number of carboxylic acids is 1. The van der Waals surface area contributed by atoms with Gasteiger partial charge in [0.05, 0.1) is 0 Å². The van der Waals surface area contributed by atoms with Crippen LogP contribution in [0, 0.1) is 5.92 Å². The number of carbonyl (C=O) groups excluding carboxylic acids is 1. The van der Waals surface area contributed by atoms with E-state index in [0.717, 1.165) is 6.54 Å². The Morgan fingerprint density at radius 3 is 2.32 bits per heavy atom. The van der Waals surface area contributed by atoms with E-state index >= 15 is 0 Å². The fourth-order valence-electron chi connectivity index (χ4n) is 1.64. The SMILES string of the molecule is CC(C)C(CN(C)C)NC(=O)NCCCCC(=O)O. The standard InChI is InChI=1S/C13H27N3O3/c1-10(2)11(9-16(3)4)15-13(19)14-8-6-5-7-12(17)18/h10-11H,5-9H2,1-4H3,(H,17,18)(H2,14,15,19). The van der Waals surface area contributed by atoms with Crippen molar-refractivity contribution < 1.29 is 14.7 Å². The highest BCUT2D eigenvalue weighted by Crippen LogP contribution is 2.02. The van der Waals surface area contributed by atoms with E-state index in [1.54, 1.807) is 0 Å². The first-order chi connectivity index (χ1) is 8.82. The van der Waals surface area contributed by atoms with E-state index in [4.69, 9.17) is 5.11 Å². The minimum Gasteiger partial charge on any atom is -0.481 e. The maximum absolute atomic E-state index is 11.7. The highest BCUT2D eigenvalue weighted by atomic mass is 16.4. The molecule has 0 fully saturated rings. The highest BCUT2D eigenvalue weighted by Gasteiger charge is 2.16. The number of hydrogen-bond acceptors (Lipinski definition) is 3. The zero-order valence-corrected chi connectivity index (χ0v) is 12.4. The van der Waals surface area contributed by atoms with Crippen molar-refractivity contribution in [2.24, 2.45) is 5.92 Å². The van der Waals surface area contributed by atoms with Gasteiger partial charge in [0.15, 0.2) is 0 Å². The summed E-state index contributed by atoms with van der Waals surface area (Å²) >= 11 is 0. The van der Waals surface area contributed by atoms with Gasteiger partial charge in [0.25, 0.3) is 0 Å². The number of unbranched alkanes of at least 4 members (excludes halogenated alkanes) is 1. The summed E-state index contributed by atoms with van der Waals surface area (Å²) in [7, 11) is 3.95. The van der Waals surface area contributed by atoms with Gasteiger partial charge in [0.1, 0.15) is 0 Å². The molecule has 0 aliphatic heterocycles. The molecule has 1 unspecified atom stereocenters. The van der Waals surface area contributed by atoms with Gasteiger partial charge >= 0.3 is 12.0 Å². The predicted molar refractivity (Wildman–Crippen MR) is 75.2 cm³/mol. The summed E-state index contributed by atoms with van der Waals surface area (Å²) in [4.78, 5) is 24.0. The third-order valence-electron chi connectivity index (χ3n) is 2.79. The van der Waals surface area contributed by atoms with Gasteiger partial charge in [-0.05, 0) is 32.9 Å². The van der Waals surface area contributed by atoms with Gasteiger partial charge in [-0.3, -0.25) is 4.79 Å². The normalized spacial score (nSPS) is 12.5. The number of hydrogen-bond donors (Lipinski definition) is 3. The Morgan fingerprint density at radius 1 is 1.21 bits per heavy atom. The lowest BCUT2D eigenvalue weighted by Gasteiger charge is -2.25. The first-order valence-electron chi connectivity index (χ1n) is 6.73. The average Bonchev–Trinajstić information content (AvgIpc) is 2.26. The van der Waals surface area contributed by atoms with Gasteiger partial charge < -0.3 is 20.6 Å². The molecule has 1 atom stereocenters. The topological polar surface area (TPSA) is 81.7 Å². The number of urea groups is 1. The van der Waals surface area contributed by atoms with Crippen molar-refractivity contribution in [3.8, 4) is 0 Å². The van der Waals surface area contributed by atoms with Crippen LogP contribution in [0.5, 0.6) is 0 Å². The Kier molecular flexibility index (Phi) is 8.95. The second-order valence-electron chi connectivity index (χ2n) is 5.36. The quantitative estimate of drug-likeness (QED) is 0.550. The summed E-state index contributed by atoms with van der Waals surface area (Å²) in [5.74, 6) is -0.435. The molecule has 19 heavy (non-hydrogen) atoms. The number of nitrogens with one attached hydrogen (secondary N) is 2. The molecular formula is C13H27N3O3. The van der Waals surface area contributed by atoms with Crippen LogP contribution in [0.1, 0.15) is 33.1 Å². The number of carboxylic acid groups (broad SMARTS) is 1. The monoisotopic (exact) mass is 273 g/mol. The summed E-state index contributed by atoms with van der Waals surface area (Å²) in [5, 5.41) is 14.2. The maximum Gasteiger partial charge on any atom is 0.315 e. The minimum absolute atomic E-state index is 0.106. The second kappa shape index (κ2) is 9.61. The van der Waals surface area contributed by atoms with Crippen LogP contribution in [0.3, 0.4) is 0 Å². The number of nitrogens with zero attached hydrogens (tertiary/aromatic N) is 1. The maximum atomic E-state index is 11.7. The lowest BCUT2D eigenvalue weighted by atomic mass is 10.0. The molecule has 0 spiro atoms. The van der Waals surface area contributed by atoms with E-state index in [2.05, 4.69) is 24.5 Å². The van der Waals surface area contributed by atoms with Crippen LogP contribution >= 0.6 is 0 Å². The molecule has 3 N–H and O–H groups in total. The van der Waals surface area contributed by atoms with Gasteiger partial charge in [0.2, 0.25) is 0 Å². The zero-order chi connectivity index (χ0) is 14.8. The molecule has 2 amide bonds. The van der Waals surface area contributed by atoms with Crippen molar-refractivity contribution in [1.82, 2.24) is 15.5 Å². The van der Waals surface area contributed by atoms with Crippen molar-refractivity contribution in [1.29, 1.82) is 0 Å². The van der Waals surface area contributed by atoms with Gasteiger partial charge in [-0.1, -0.05) is 13.8 Å². The Bertz CT molecular complexity index is 280. The Balaban J connectivity index is 3.84. The summed E-state index contributed by atoms with van der Waals surface area (Å²) in [6.45, 7) is 5.44. The Hall–Kier alpha value is -1.30. The smallest absolute Gasteiger partial charge is 0.315 e. The van der Waals surface area contributed by atoms with Crippen LogP contribution in [0.4, 0.5) is 4.79 Å². The van der Waals surface area contributed by atoms with Gasteiger partial charge in [-0.15, -0.1) is 0 Å². The molecule has 0 aromatic heterocycles. The van der Waals surface area contributed by atoms with Crippen LogP contribution < -0.4 is 10.6 Å². The number of aliphatic carboxylic acids is 1. The molecule has 0 heterocycles. The van der Waals surface area contributed by atoms with Crippen molar-refractivity contribution in [3.05, 3.63) is 0 Å². The molecule has 0 aliphatic rings. The predicted octanol–water partition coefficient (Wildman–Crippen LogP) is 1.13. The fraction of sp³-hybridized carbons (Fsp3) is 0.846. The molecule has 0 radical (unpaired) electrons. The number of amides is 2. The summed E-state index contributed by atoms with van der Waals surface area (Å²) in [6, 6.07) is -0.0788. The number of rotatable bonds is 9. The van der Waals surface area contributed by atoms with Crippen LogP contribution in [0.2, 0.25) is 0 Å². The molecule has 0 rings (SSSR count). The Labute approximate surface area is 115 Å². The Morgan fingerprint density at radius 2 is 1.84 bits per heavy atom. The van der Waals surface area contributed by atoms with E-state index in [1.165, 1.54) is 0 Å². The van der Waals surface area contributed by atoms with E-state index in [9.17, 15) is 9.59 Å². The van der Waals surface area contributed by atoms with Crippen molar-refractivity contribution in [3.63, 3.8) is 0 Å². The molecule has 0 aromatic rings. The van der Waals surface area contributed by atoms with Gasteiger partial charge in [-0.2, -0.15) is 0 Å². The van der Waals surface area contributed by atoms with Crippen LogP contribution in [0.25, 0.3) is 0 Å². The molecule has 6 heteroatoms. The third-order valence-corrected chi connectivity index (χ3v) is 2.79. The molecule has 0 saturated carbocycles. The second-order valence-corrected chi connectivity index (χ2v) is 5.36. The average molecular weight is 273 g/mol. The first kappa shape index (κ1) is 17.7. The summed E-state index contributed by atoms with van der Waals surface area (Å²) in [5.41, 5.74) is 0. The summed E-state index contributed by atoms with van der Waals surface area (Å²) < 4.78 is 0. The van der Waals surface area contributed by atoms with Crippen molar-refractivity contribution in [2.45, 2.75) is 39.2 Å². The third kappa shape index (κ3) is 10.3. The van der Waals surface area contributed by atoms with Crippen LogP contribution in [0.15, 0.2) is 0 Å². The molecule has 0 aliphatic carbocycles. The molecule has 0 aromatic carbocycles. The molecule has 0 saturated heterocycles. The van der Waals surface area contributed by atoms with Crippen molar-refractivity contribution >= 4 is 12.0 Å². The van der Waals surface area contributed by atoms with Gasteiger partial charge in [-0.25, -0.2) is 4.79 Å². The molecule has 6 nitrogen and oxygen atoms in total. The van der Waals surface area contributed by atoms with E-state index in [0.29, 0.717) is 25.3 Å². The highest BCUT2D eigenvalue weighted by molar-refractivity contribution is 5.74. The van der Waals surface area contributed by atoms with Crippen LogP contribution in [-0.4, -0.2) is 55.2 Å². The van der Waals surface area contributed by atoms with Crippen LogP contribution in [-0.2, 0) is 4.79 Å². The van der Waals surface area contributed by atoms with E-state index in [1.807, 2.05) is 19.0 Å². The number of likely N-dealkylation sites (N-methyl/N-ethyl adjacent to an activating group) is 1. The zero-order valence-electron chi connectivity index (χ0n) is 12.4. The lowest BCUT2D eigenvalue weighted by molar-refractivity contribution is -0.137. The molecular weight excluding hydrogens is 246 g/mol. The molecule has 0 bridgehead atoms. The minimum atomic E-state index is -0.796. The van der Waals surface area contributed by atoms with Gasteiger partial charge in [0, 0.05) is 25.6 Å². The number of carbonyl (C=O) groups is 2. The van der Waals surface area contributed by atoms with E-state index < -0.39 is 5.97 Å². The van der Waals surface area contributed by atoms with Crippen molar-refractivity contribution in [2.75, 3.05) is 27.2 Å². The largest absolute Gasteiger partial charge is 0.481 e. The lowest BCUT2D eigenvalue weighted by Crippen LogP contribution is -2.49.